The van der Waals surface area contributed by atoms with E-state index in [1.54, 1.807) is 0 Å². The monoisotopic (exact) mass is 286 g/mol. The van der Waals surface area contributed by atoms with Gasteiger partial charge in [-0.1, -0.05) is 22.0 Å². The fraction of sp³-hybridized carbons (Fsp3) is 0.0714. The minimum absolute atomic E-state index is 0.935. The minimum Gasteiger partial charge on any atom is -0.361 e. The van der Waals surface area contributed by atoms with Crippen LogP contribution < -0.4 is 0 Å². The Labute approximate surface area is 108 Å². The zero-order valence-corrected chi connectivity index (χ0v) is 10.7. The molecule has 1 aromatic carbocycles. The van der Waals surface area contributed by atoms with Crippen LogP contribution in [-0.4, -0.2) is 9.97 Å². The number of fused-ring (bicyclic) bond motifs is 1. The average Bonchev–Trinajstić information content (AvgIpc) is 2.73. The number of H-pyrrole nitrogens is 1. The van der Waals surface area contributed by atoms with Gasteiger partial charge in [-0.05, 0) is 41.8 Å². The summed E-state index contributed by atoms with van der Waals surface area (Å²) < 4.78 is 1.10. The summed E-state index contributed by atoms with van der Waals surface area (Å²) in [7, 11) is 0. The van der Waals surface area contributed by atoms with Gasteiger partial charge in [0.25, 0.3) is 0 Å². The lowest BCUT2D eigenvalue weighted by atomic mass is 10.1. The fourth-order valence-corrected chi connectivity index (χ4v) is 2.39. The van der Waals surface area contributed by atoms with Crippen molar-refractivity contribution in [2.24, 2.45) is 0 Å². The van der Waals surface area contributed by atoms with E-state index in [0.29, 0.717) is 0 Å². The van der Waals surface area contributed by atoms with Gasteiger partial charge in [0.1, 0.15) is 0 Å². The van der Waals surface area contributed by atoms with Crippen LogP contribution in [-0.2, 0) is 6.42 Å². The number of hydrogen-bond acceptors (Lipinski definition) is 1. The summed E-state index contributed by atoms with van der Waals surface area (Å²) in [6, 6.07) is 10.4. The number of aromatic amines is 1. The number of aromatic nitrogens is 2. The van der Waals surface area contributed by atoms with Gasteiger partial charge in [-0.3, -0.25) is 4.98 Å². The molecule has 3 rings (SSSR count). The maximum absolute atomic E-state index is 4.03. The Morgan fingerprint density at radius 2 is 1.94 bits per heavy atom. The molecule has 0 saturated carbocycles. The molecule has 0 atom stereocenters. The second-order valence-electron chi connectivity index (χ2n) is 4.04. The van der Waals surface area contributed by atoms with E-state index in [0.717, 1.165) is 10.9 Å². The fourth-order valence-electron chi connectivity index (χ4n) is 2.03. The summed E-state index contributed by atoms with van der Waals surface area (Å²) in [5.74, 6) is 0. The van der Waals surface area contributed by atoms with Crippen molar-refractivity contribution in [3.63, 3.8) is 0 Å². The zero-order valence-electron chi connectivity index (χ0n) is 9.15. The Bertz CT molecular complexity index is 644. The number of halogens is 1. The molecule has 0 amide bonds. The highest BCUT2D eigenvalue weighted by Crippen LogP contribution is 2.24. The molecule has 3 aromatic rings. The number of nitrogens with zero attached hydrogens (tertiary/aromatic N) is 1. The van der Waals surface area contributed by atoms with Gasteiger partial charge >= 0.3 is 0 Å². The van der Waals surface area contributed by atoms with Crippen molar-refractivity contribution in [1.29, 1.82) is 0 Å². The standard InChI is InChI=1S/C14H11BrN2/c15-12-1-2-13-11(9-17-14(13)8-12)7-10-3-5-16-6-4-10/h1-6,8-9,17H,7H2. The summed E-state index contributed by atoms with van der Waals surface area (Å²) >= 11 is 3.48. The number of rotatable bonds is 2. The first kappa shape index (κ1) is 10.5. The molecule has 0 fully saturated rings. The lowest BCUT2D eigenvalue weighted by Gasteiger charge is -1.99. The van der Waals surface area contributed by atoms with Crippen LogP contribution in [0.1, 0.15) is 11.1 Å². The first-order chi connectivity index (χ1) is 8.33. The van der Waals surface area contributed by atoms with Crippen LogP contribution in [0.5, 0.6) is 0 Å². The maximum Gasteiger partial charge on any atom is 0.0468 e. The number of nitrogens with one attached hydrogen (secondary N) is 1. The van der Waals surface area contributed by atoms with Crippen LogP contribution in [0.25, 0.3) is 10.9 Å². The molecule has 0 aliphatic carbocycles. The summed E-state index contributed by atoms with van der Waals surface area (Å²) in [6.07, 6.45) is 6.68. The molecule has 0 aliphatic heterocycles. The molecule has 0 radical (unpaired) electrons. The summed E-state index contributed by atoms with van der Waals surface area (Å²) in [5.41, 5.74) is 3.77. The van der Waals surface area contributed by atoms with Crippen LogP contribution >= 0.6 is 15.9 Å². The van der Waals surface area contributed by atoms with Gasteiger partial charge in [-0.15, -0.1) is 0 Å². The first-order valence-corrected chi connectivity index (χ1v) is 6.26. The van der Waals surface area contributed by atoms with Gasteiger partial charge < -0.3 is 4.98 Å². The molecular weight excluding hydrogens is 276 g/mol. The zero-order chi connectivity index (χ0) is 11.7. The smallest absolute Gasteiger partial charge is 0.0468 e. The summed E-state index contributed by atoms with van der Waals surface area (Å²) in [4.78, 5) is 7.34. The summed E-state index contributed by atoms with van der Waals surface area (Å²) in [5, 5.41) is 1.28. The highest BCUT2D eigenvalue weighted by Gasteiger charge is 2.04. The topological polar surface area (TPSA) is 28.7 Å². The SMILES string of the molecule is Brc1ccc2c(Cc3ccncc3)c[nH]c2c1. The molecule has 17 heavy (non-hydrogen) atoms. The van der Waals surface area contributed by atoms with Gasteiger partial charge in [0.05, 0.1) is 0 Å². The predicted octanol–water partition coefficient (Wildman–Crippen LogP) is 3.92. The molecule has 2 nitrogen and oxygen atoms in total. The Balaban J connectivity index is 2.01. The van der Waals surface area contributed by atoms with Crippen molar-refractivity contribution in [2.45, 2.75) is 6.42 Å². The normalized spacial score (nSPS) is 10.9. The van der Waals surface area contributed by atoms with Crippen molar-refractivity contribution in [3.05, 3.63) is 64.5 Å². The lowest BCUT2D eigenvalue weighted by Crippen LogP contribution is -1.86. The van der Waals surface area contributed by atoms with Gasteiger partial charge in [-0.2, -0.15) is 0 Å². The second kappa shape index (κ2) is 4.34. The number of hydrogen-bond donors (Lipinski definition) is 1. The van der Waals surface area contributed by atoms with E-state index < -0.39 is 0 Å². The molecule has 84 valence electrons. The van der Waals surface area contributed by atoms with Crippen molar-refractivity contribution in [2.75, 3.05) is 0 Å². The number of pyridine rings is 1. The van der Waals surface area contributed by atoms with E-state index >= 15 is 0 Å². The molecule has 0 saturated heterocycles. The second-order valence-corrected chi connectivity index (χ2v) is 4.95. The predicted molar refractivity (Wildman–Crippen MR) is 73.0 cm³/mol. The molecule has 0 bridgehead atoms. The summed E-state index contributed by atoms with van der Waals surface area (Å²) in [6.45, 7) is 0. The maximum atomic E-state index is 4.03. The van der Waals surface area contributed by atoms with Crippen molar-refractivity contribution < 1.29 is 0 Å². The molecule has 2 heterocycles. The molecule has 0 unspecified atom stereocenters. The molecule has 0 aliphatic rings. The molecule has 1 N–H and O–H groups in total. The quantitative estimate of drug-likeness (QED) is 0.760. The van der Waals surface area contributed by atoms with E-state index in [4.69, 9.17) is 0 Å². The van der Waals surface area contributed by atoms with Crippen molar-refractivity contribution in [3.8, 4) is 0 Å². The van der Waals surface area contributed by atoms with E-state index in [1.165, 1.54) is 22.0 Å². The Hall–Kier alpha value is -1.61. The Morgan fingerprint density at radius 3 is 2.76 bits per heavy atom. The van der Waals surface area contributed by atoms with Crippen LogP contribution in [0.4, 0.5) is 0 Å². The van der Waals surface area contributed by atoms with Gasteiger partial charge in [0.2, 0.25) is 0 Å². The van der Waals surface area contributed by atoms with Crippen molar-refractivity contribution in [1.82, 2.24) is 9.97 Å². The van der Waals surface area contributed by atoms with Gasteiger partial charge in [-0.25, -0.2) is 0 Å². The largest absolute Gasteiger partial charge is 0.361 e. The highest BCUT2D eigenvalue weighted by molar-refractivity contribution is 9.10. The average molecular weight is 287 g/mol. The van der Waals surface area contributed by atoms with E-state index in [-0.39, 0.29) is 0 Å². The third kappa shape index (κ3) is 2.11. The Morgan fingerprint density at radius 1 is 1.12 bits per heavy atom. The highest BCUT2D eigenvalue weighted by atomic mass is 79.9. The van der Waals surface area contributed by atoms with E-state index in [9.17, 15) is 0 Å². The molecular formula is C14H11BrN2. The molecule has 3 heteroatoms. The molecule has 2 aromatic heterocycles. The Kier molecular flexibility index (Phi) is 2.69. The third-order valence-electron chi connectivity index (χ3n) is 2.87. The first-order valence-electron chi connectivity index (χ1n) is 5.47. The van der Waals surface area contributed by atoms with Crippen LogP contribution in [0.15, 0.2) is 53.4 Å². The third-order valence-corrected chi connectivity index (χ3v) is 3.37. The minimum atomic E-state index is 0.935. The number of benzene rings is 1. The van der Waals surface area contributed by atoms with Gasteiger partial charge in [0, 0.05) is 34.0 Å². The van der Waals surface area contributed by atoms with Crippen LogP contribution in [0.2, 0.25) is 0 Å². The lowest BCUT2D eigenvalue weighted by molar-refractivity contribution is 1.17. The van der Waals surface area contributed by atoms with Crippen molar-refractivity contribution >= 4 is 26.8 Å². The molecule has 0 spiro atoms. The van der Waals surface area contributed by atoms with Gasteiger partial charge in [0.15, 0.2) is 0 Å². The van der Waals surface area contributed by atoms with Crippen LogP contribution in [0, 0.1) is 0 Å². The van der Waals surface area contributed by atoms with E-state index in [2.05, 4.69) is 62.4 Å². The van der Waals surface area contributed by atoms with E-state index in [1.807, 2.05) is 12.4 Å². The van der Waals surface area contributed by atoms with Crippen LogP contribution in [0.3, 0.4) is 0 Å².